The molecule has 1 N–H and O–H groups in total. The van der Waals surface area contributed by atoms with E-state index in [0.717, 1.165) is 6.54 Å². The average Bonchev–Trinajstić information content (AvgIpc) is 2.31. The molecule has 0 spiro atoms. The van der Waals surface area contributed by atoms with E-state index in [0.29, 0.717) is 17.8 Å². The minimum absolute atomic E-state index is 0.141. The first-order chi connectivity index (χ1) is 8.51. The SMILES string of the molecule is CCN(c1c(F)cccc1CO)C(C)CN(C)C. The van der Waals surface area contributed by atoms with Crippen LogP contribution in [0.1, 0.15) is 19.4 Å². The summed E-state index contributed by atoms with van der Waals surface area (Å²) in [6.07, 6.45) is 0. The lowest BCUT2D eigenvalue weighted by atomic mass is 10.1. The maximum atomic E-state index is 14.0. The summed E-state index contributed by atoms with van der Waals surface area (Å²) in [7, 11) is 4.00. The Morgan fingerprint density at radius 2 is 2.00 bits per heavy atom. The summed E-state index contributed by atoms with van der Waals surface area (Å²) >= 11 is 0. The summed E-state index contributed by atoms with van der Waals surface area (Å²) in [6, 6.07) is 5.03. The fraction of sp³-hybridized carbons (Fsp3) is 0.571. The number of hydrogen-bond acceptors (Lipinski definition) is 3. The first-order valence-electron chi connectivity index (χ1n) is 6.30. The molecule has 0 aliphatic carbocycles. The molecule has 4 heteroatoms. The van der Waals surface area contributed by atoms with Crippen molar-refractivity contribution in [1.82, 2.24) is 4.90 Å². The predicted molar refractivity (Wildman–Crippen MR) is 73.4 cm³/mol. The molecule has 0 radical (unpaired) electrons. The zero-order valence-electron chi connectivity index (χ0n) is 11.7. The van der Waals surface area contributed by atoms with E-state index in [4.69, 9.17) is 0 Å². The molecule has 1 unspecified atom stereocenters. The molecule has 0 heterocycles. The predicted octanol–water partition coefficient (Wildman–Crippen LogP) is 2.09. The molecule has 1 atom stereocenters. The molecule has 0 fully saturated rings. The number of anilines is 1. The lowest BCUT2D eigenvalue weighted by molar-refractivity contribution is 0.281. The Balaban J connectivity index is 3.08. The van der Waals surface area contributed by atoms with Crippen LogP contribution < -0.4 is 4.90 Å². The van der Waals surface area contributed by atoms with Crippen LogP contribution in [0.5, 0.6) is 0 Å². The lowest BCUT2D eigenvalue weighted by Gasteiger charge is -2.33. The number of rotatable bonds is 6. The topological polar surface area (TPSA) is 26.7 Å². The molecule has 1 aromatic carbocycles. The molecular weight excluding hydrogens is 231 g/mol. The van der Waals surface area contributed by atoms with Crippen LogP contribution in [0.15, 0.2) is 18.2 Å². The van der Waals surface area contributed by atoms with Crippen LogP contribution in [0.3, 0.4) is 0 Å². The molecule has 0 aliphatic heterocycles. The highest BCUT2D eigenvalue weighted by atomic mass is 19.1. The van der Waals surface area contributed by atoms with Crippen molar-refractivity contribution in [3.8, 4) is 0 Å². The van der Waals surface area contributed by atoms with Gasteiger partial charge in [0.1, 0.15) is 5.82 Å². The highest BCUT2D eigenvalue weighted by molar-refractivity contribution is 5.55. The summed E-state index contributed by atoms with van der Waals surface area (Å²) in [5, 5.41) is 9.35. The van der Waals surface area contributed by atoms with Gasteiger partial charge in [0.2, 0.25) is 0 Å². The molecule has 0 aromatic heterocycles. The monoisotopic (exact) mass is 254 g/mol. The maximum absolute atomic E-state index is 14.0. The van der Waals surface area contributed by atoms with Crippen molar-refractivity contribution in [1.29, 1.82) is 0 Å². The van der Waals surface area contributed by atoms with Crippen molar-refractivity contribution in [2.75, 3.05) is 32.1 Å². The number of nitrogens with zero attached hydrogens (tertiary/aromatic N) is 2. The van der Waals surface area contributed by atoms with Gasteiger partial charge in [-0.15, -0.1) is 0 Å². The van der Waals surface area contributed by atoms with Gasteiger partial charge in [0, 0.05) is 24.7 Å². The smallest absolute Gasteiger partial charge is 0.146 e. The molecule has 18 heavy (non-hydrogen) atoms. The van der Waals surface area contributed by atoms with Gasteiger partial charge in [-0.2, -0.15) is 0 Å². The molecule has 0 amide bonds. The Morgan fingerprint density at radius 3 is 2.50 bits per heavy atom. The minimum Gasteiger partial charge on any atom is -0.392 e. The van der Waals surface area contributed by atoms with Crippen LogP contribution in [-0.2, 0) is 6.61 Å². The largest absolute Gasteiger partial charge is 0.392 e. The average molecular weight is 254 g/mol. The molecule has 1 rings (SSSR count). The summed E-state index contributed by atoms with van der Waals surface area (Å²) in [5.41, 5.74) is 1.17. The van der Waals surface area contributed by atoms with Crippen molar-refractivity contribution in [2.45, 2.75) is 26.5 Å². The molecule has 3 nitrogen and oxygen atoms in total. The van der Waals surface area contributed by atoms with Gasteiger partial charge in [-0.05, 0) is 34.0 Å². The number of likely N-dealkylation sites (N-methyl/N-ethyl adjacent to an activating group) is 2. The summed E-state index contributed by atoms with van der Waals surface area (Å²) in [4.78, 5) is 4.08. The second-order valence-electron chi connectivity index (χ2n) is 4.80. The van der Waals surface area contributed by atoms with Gasteiger partial charge < -0.3 is 14.9 Å². The summed E-state index contributed by atoms with van der Waals surface area (Å²) < 4.78 is 14.0. The normalized spacial score (nSPS) is 12.8. The van der Waals surface area contributed by atoms with E-state index in [2.05, 4.69) is 11.8 Å². The van der Waals surface area contributed by atoms with E-state index in [1.165, 1.54) is 6.07 Å². The van der Waals surface area contributed by atoms with Crippen molar-refractivity contribution in [3.63, 3.8) is 0 Å². The van der Waals surface area contributed by atoms with Gasteiger partial charge in [0.05, 0.1) is 12.3 Å². The minimum atomic E-state index is -0.269. The third-order valence-corrected chi connectivity index (χ3v) is 3.03. The van der Waals surface area contributed by atoms with Crippen LogP contribution in [0.4, 0.5) is 10.1 Å². The Morgan fingerprint density at radius 1 is 1.33 bits per heavy atom. The standard InChI is InChI=1S/C14H23FN2O/c1-5-17(11(2)9-16(3)4)14-12(10-18)7-6-8-13(14)15/h6-8,11,18H,5,9-10H2,1-4H3. The number of para-hydroxylation sites is 1. The third kappa shape index (κ3) is 3.43. The fourth-order valence-corrected chi connectivity index (χ4v) is 2.33. The van der Waals surface area contributed by atoms with Crippen LogP contribution in [-0.4, -0.2) is 43.2 Å². The highest BCUT2D eigenvalue weighted by Gasteiger charge is 2.19. The number of hydrogen-bond donors (Lipinski definition) is 1. The second-order valence-corrected chi connectivity index (χ2v) is 4.80. The van der Waals surface area contributed by atoms with E-state index in [1.807, 2.05) is 25.9 Å². The van der Waals surface area contributed by atoms with E-state index in [-0.39, 0.29) is 18.5 Å². The molecule has 0 bridgehead atoms. The summed E-state index contributed by atoms with van der Waals surface area (Å²) in [5.74, 6) is -0.269. The quantitative estimate of drug-likeness (QED) is 0.842. The number of halogens is 1. The van der Waals surface area contributed by atoms with E-state index < -0.39 is 0 Å². The zero-order chi connectivity index (χ0) is 13.7. The Kier molecular flexibility index (Phi) is 5.56. The number of aliphatic hydroxyl groups is 1. The van der Waals surface area contributed by atoms with Crippen molar-refractivity contribution < 1.29 is 9.50 Å². The van der Waals surface area contributed by atoms with Gasteiger partial charge in [0.25, 0.3) is 0 Å². The van der Waals surface area contributed by atoms with Crippen LogP contribution in [0.2, 0.25) is 0 Å². The van der Waals surface area contributed by atoms with Crippen LogP contribution in [0.25, 0.3) is 0 Å². The van der Waals surface area contributed by atoms with Gasteiger partial charge >= 0.3 is 0 Å². The molecule has 1 aromatic rings. The van der Waals surface area contributed by atoms with E-state index in [1.54, 1.807) is 12.1 Å². The molecule has 102 valence electrons. The lowest BCUT2D eigenvalue weighted by Crippen LogP contribution is -2.41. The van der Waals surface area contributed by atoms with Gasteiger partial charge in [-0.1, -0.05) is 12.1 Å². The molecule has 0 saturated carbocycles. The van der Waals surface area contributed by atoms with E-state index >= 15 is 0 Å². The van der Waals surface area contributed by atoms with Crippen molar-refractivity contribution in [2.24, 2.45) is 0 Å². The number of benzene rings is 1. The van der Waals surface area contributed by atoms with Crippen LogP contribution >= 0.6 is 0 Å². The zero-order valence-corrected chi connectivity index (χ0v) is 11.7. The summed E-state index contributed by atoms with van der Waals surface area (Å²) in [6.45, 7) is 5.48. The highest BCUT2D eigenvalue weighted by Crippen LogP contribution is 2.26. The first kappa shape index (κ1) is 14.9. The van der Waals surface area contributed by atoms with Crippen molar-refractivity contribution in [3.05, 3.63) is 29.6 Å². The van der Waals surface area contributed by atoms with Crippen molar-refractivity contribution >= 4 is 5.69 Å². The Hall–Kier alpha value is -1.13. The third-order valence-electron chi connectivity index (χ3n) is 3.03. The number of aliphatic hydroxyl groups excluding tert-OH is 1. The molecule has 0 saturated heterocycles. The second kappa shape index (κ2) is 6.71. The van der Waals surface area contributed by atoms with Gasteiger partial charge in [-0.3, -0.25) is 0 Å². The first-order valence-corrected chi connectivity index (χ1v) is 6.30. The van der Waals surface area contributed by atoms with Gasteiger partial charge in [0.15, 0.2) is 0 Å². The molecule has 0 aliphatic rings. The molecular formula is C14H23FN2O. The Bertz CT molecular complexity index is 382. The van der Waals surface area contributed by atoms with E-state index in [9.17, 15) is 9.50 Å². The van der Waals surface area contributed by atoms with Gasteiger partial charge in [-0.25, -0.2) is 4.39 Å². The fourth-order valence-electron chi connectivity index (χ4n) is 2.33. The Labute approximate surface area is 109 Å². The maximum Gasteiger partial charge on any atom is 0.146 e. The van der Waals surface area contributed by atoms with Crippen LogP contribution in [0, 0.1) is 5.82 Å².